The predicted molar refractivity (Wildman–Crippen MR) is 125 cm³/mol. The van der Waals surface area contributed by atoms with Gasteiger partial charge in [0, 0.05) is 5.56 Å². The predicted octanol–water partition coefficient (Wildman–Crippen LogP) is 2.72. The number of rotatable bonds is 6. The van der Waals surface area contributed by atoms with Gasteiger partial charge in [-0.15, -0.1) is 10.2 Å². The van der Waals surface area contributed by atoms with E-state index in [9.17, 15) is 14.4 Å². The van der Waals surface area contributed by atoms with Crippen LogP contribution in [0.1, 0.15) is 19.8 Å². The van der Waals surface area contributed by atoms with E-state index in [4.69, 9.17) is 0 Å². The fourth-order valence-electron chi connectivity index (χ4n) is 4.51. The van der Waals surface area contributed by atoms with Crippen molar-refractivity contribution < 1.29 is 14.4 Å². The average molecular weight is 457 g/mol. The molecule has 3 aromatic rings. The molecule has 1 aromatic heterocycles. The van der Waals surface area contributed by atoms with Crippen molar-refractivity contribution in [2.24, 2.45) is 11.8 Å². The normalized spacial score (nSPS) is 20.2. The number of hydrazine groups is 1. The third kappa shape index (κ3) is 3.75. The van der Waals surface area contributed by atoms with E-state index in [1.807, 2.05) is 72.8 Å². The number of para-hydroxylation sites is 1. The molecular weight excluding hydrogens is 432 g/mol. The second kappa shape index (κ2) is 8.93. The number of aromatic nitrogens is 3. The van der Waals surface area contributed by atoms with Crippen LogP contribution in [-0.2, 0) is 14.4 Å². The number of allylic oxidation sites excluding steroid dienone is 2. The van der Waals surface area contributed by atoms with E-state index in [-0.39, 0.29) is 23.7 Å². The standard InChI is InChI=1S/C25H24N6O3/c1-16(30-23(33)19-14-8-9-15-20(19)24(30)34)22(32)27-29-25-28-26-21(17-10-4-2-5-11-17)31(25)18-12-6-3-7-13-18/h2-13,16,19-20H,14-15H2,1H3,(H,27,32)(H,28,29). The van der Waals surface area contributed by atoms with Crippen LogP contribution in [0.4, 0.5) is 5.95 Å². The maximum absolute atomic E-state index is 12.9. The van der Waals surface area contributed by atoms with Crippen molar-refractivity contribution in [1.29, 1.82) is 0 Å². The van der Waals surface area contributed by atoms with Crippen LogP contribution in [0.15, 0.2) is 72.8 Å². The number of amides is 3. The van der Waals surface area contributed by atoms with Gasteiger partial charge in [0.1, 0.15) is 6.04 Å². The minimum atomic E-state index is -0.959. The summed E-state index contributed by atoms with van der Waals surface area (Å²) in [6, 6.07) is 18.1. The summed E-state index contributed by atoms with van der Waals surface area (Å²) in [4.78, 5) is 39.7. The number of nitrogens with one attached hydrogen (secondary N) is 2. The highest BCUT2D eigenvalue weighted by Gasteiger charge is 2.50. The third-order valence-corrected chi connectivity index (χ3v) is 6.32. The summed E-state index contributed by atoms with van der Waals surface area (Å²) in [5.74, 6) is -0.968. The molecule has 3 unspecified atom stereocenters. The number of benzene rings is 2. The number of nitrogens with zero attached hydrogens (tertiary/aromatic N) is 4. The summed E-state index contributed by atoms with van der Waals surface area (Å²) in [5, 5.41) is 8.53. The molecule has 0 spiro atoms. The molecule has 2 aromatic carbocycles. The lowest BCUT2D eigenvalue weighted by atomic mass is 9.85. The van der Waals surface area contributed by atoms with Gasteiger partial charge in [0.2, 0.25) is 17.8 Å². The first-order valence-corrected chi connectivity index (χ1v) is 11.2. The first-order chi connectivity index (χ1) is 16.6. The molecule has 3 atom stereocenters. The Balaban J connectivity index is 1.36. The SMILES string of the molecule is CC(C(=O)NNc1nnc(-c2ccccc2)n1-c1ccccc1)N1C(=O)C2CC=CCC2C1=O. The van der Waals surface area contributed by atoms with Crippen LogP contribution in [0.3, 0.4) is 0 Å². The smallest absolute Gasteiger partial charge is 0.261 e. The van der Waals surface area contributed by atoms with E-state index < -0.39 is 11.9 Å². The van der Waals surface area contributed by atoms with Crippen molar-refractivity contribution >= 4 is 23.7 Å². The molecule has 34 heavy (non-hydrogen) atoms. The van der Waals surface area contributed by atoms with Crippen molar-refractivity contribution in [3.8, 4) is 17.1 Å². The summed E-state index contributed by atoms with van der Waals surface area (Å²) in [5.41, 5.74) is 7.09. The van der Waals surface area contributed by atoms with Crippen molar-refractivity contribution in [3.63, 3.8) is 0 Å². The average Bonchev–Trinajstić information content (AvgIpc) is 3.42. The van der Waals surface area contributed by atoms with Gasteiger partial charge >= 0.3 is 0 Å². The minimum absolute atomic E-state index is 0.291. The molecule has 1 aliphatic carbocycles. The Morgan fingerprint density at radius 3 is 2.12 bits per heavy atom. The zero-order valence-corrected chi connectivity index (χ0v) is 18.6. The number of likely N-dealkylation sites (tertiary alicyclic amines) is 1. The largest absolute Gasteiger partial charge is 0.274 e. The van der Waals surface area contributed by atoms with E-state index >= 15 is 0 Å². The highest BCUT2D eigenvalue weighted by Crippen LogP contribution is 2.36. The molecule has 2 heterocycles. The number of anilines is 1. The molecule has 172 valence electrons. The van der Waals surface area contributed by atoms with Crippen molar-refractivity contribution in [2.45, 2.75) is 25.8 Å². The fraction of sp³-hybridized carbons (Fsp3) is 0.240. The van der Waals surface area contributed by atoms with Crippen LogP contribution in [0, 0.1) is 11.8 Å². The van der Waals surface area contributed by atoms with Crippen molar-refractivity contribution in [1.82, 2.24) is 25.1 Å². The molecule has 1 saturated heterocycles. The highest BCUT2D eigenvalue weighted by atomic mass is 16.2. The van der Waals surface area contributed by atoms with E-state index in [2.05, 4.69) is 21.0 Å². The molecular formula is C25H24N6O3. The third-order valence-electron chi connectivity index (χ3n) is 6.32. The van der Waals surface area contributed by atoms with Crippen molar-refractivity contribution in [3.05, 3.63) is 72.8 Å². The molecule has 9 nitrogen and oxygen atoms in total. The van der Waals surface area contributed by atoms with Gasteiger partial charge < -0.3 is 0 Å². The zero-order chi connectivity index (χ0) is 23.7. The lowest BCUT2D eigenvalue weighted by Gasteiger charge is -2.22. The number of carbonyl (C=O) groups excluding carboxylic acids is 3. The fourth-order valence-corrected chi connectivity index (χ4v) is 4.51. The Bertz CT molecular complexity index is 1230. The minimum Gasteiger partial charge on any atom is -0.274 e. The Morgan fingerprint density at radius 2 is 1.50 bits per heavy atom. The molecule has 0 bridgehead atoms. The Kier molecular flexibility index (Phi) is 5.67. The molecule has 2 N–H and O–H groups in total. The molecule has 0 radical (unpaired) electrons. The number of imide groups is 1. The van der Waals surface area contributed by atoms with Crippen LogP contribution in [0.2, 0.25) is 0 Å². The van der Waals surface area contributed by atoms with Gasteiger partial charge in [0.05, 0.1) is 17.5 Å². The molecule has 0 saturated carbocycles. The maximum atomic E-state index is 12.9. The quantitative estimate of drug-likeness (QED) is 0.335. The zero-order valence-electron chi connectivity index (χ0n) is 18.6. The Hall–Kier alpha value is -4.27. The topological polar surface area (TPSA) is 109 Å². The van der Waals surface area contributed by atoms with Gasteiger partial charge in [-0.05, 0) is 31.9 Å². The van der Waals surface area contributed by atoms with Crippen LogP contribution < -0.4 is 10.9 Å². The van der Waals surface area contributed by atoms with Gasteiger partial charge in [-0.25, -0.2) is 0 Å². The molecule has 9 heteroatoms. The maximum Gasteiger partial charge on any atom is 0.261 e. The van der Waals surface area contributed by atoms with E-state index in [0.717, 1.165) is 16.2 Å². The lowest BCUT2D eigenvalue weighted by Crippen LogP contribution is -2.49. The van der Waals surface area contributed by atoms with Crippen LogP contribution >= 0.6 is 0 Å². The van der Waals surface area contributed by atoms with Gasteiger partial charge in [0.25, 0.3) is 5.91 Å². The van der Waals surface area contributed by atoms with Crippen LogP contribution in [0.25, 0.3) is 17.1 Å². The second-order valence-corrected chi connectivity index (χ2v) is 8.38. The summed E-state index contributed by atoms with van der Waals surface area (Å²) in [6.07, 6.45) is 4.90. The van der Waals surface area contributed by atoms with Gasteiger partial charge in [-0.1, -0.05) is 60.7 Å². The van der Waals surface area contributed by atoms with Gasteiger partial charge in [-0.3, -0.25) is 34.7 Å². The number of hydrogen-bond donors (Lipinski definition) is 2. The monoisotopic (exact) mass is 456 g/mol. The van der Waals surface area contributed by atoms with Gasteiger partial charge in [-0.2, -0.15) is 0 Å². The summed E-state index contributed by atoms with van der Waals surface area (Å²) >= 11 is 0. The molecule has 1 fully saturated rings. The summed E-state index contributed by atoms with van der Waals surface area (Å²) < 4.78 is 1.78. The molecule has 1 aliphatic heterocycles. The summed E-state index contributed by atoms with van der Waals surface area (Å²) in [6.45, 7) is 1.55. The van der Waals surface area contributed by atoms with Crippen molar-refractivity contribution in [2.75, 3.05) is 5.43 Å². The number of fused-ring (bicyclic) bond motifs is 1. The van der Waals surface area contributed by atoms with E-state index in [1.165, 1.54) is 0 Å². The molecule has 5 rings (SSSR count). The number of carbonyl (C=O) groups is 3. The first kappa shape index (κ1) is 21.6. The second-order valence-electron chi connectivity index (χ2n) is 8.38. The summed E-state index contributed by atoms with van der Waals surface area (Å²) in [7, 11) is 0. The Morgan fingerprint density at radius 1 is 0.912 bits per heavy atom. The molecule has 3 amide bonds. The molecule has 2 aliphatic rings. The highest BCUT2D eigenvalue weighted by molar-refractivity contribution is 6.08. The number of hydrogen-bond acceptors (Lipinski definition) is 6. The van der Waals surface area contributed by atoms with Crippen LogP contribution in [0.5, 0.6) is 0 Å². The first-order valence-electron chi connectivity index (χ1n) is 11.2. The van der Waals surface area contributed by atoms with Gasteiger partial charge in [0.15, 0.2) is 5.82 Å². The van der Waals surface area contributed by atoms with Crippen LogP contribution in [-0.4, -0.2) is 43.4 Å². The van der Waals surface area contributed by atoms with E-state index in [1.54, 1.807) is 11.5 Å². The lowest BCUT2D eigenvalue weighted by molar-refractivity contribution is -0.147. The van der Waals surface area contributed by atoms with E-state index in [0.29, 0.717) is 24.6 Å². The Labute approximate surface area is 196 Å².